The lowest BCUT2D eigenvalue weighted by Crippen LogP contribution is -2.14. The molecule has 0 aliphatic heterocycles. The highest BCUT2D eigenvalue weighted by atomic mass is 35.5. The molecule has 1 aromatic heterocycles. The van der Waals surface area contributed by atoms with Gasteiger partial charge in [0, 0.05) is 20.2 Å². The molecule has 100 valence electrons. The molecule has 0 N–H and O–H groups in total. The van der Waals surface area contributed by atoms with E-state index in [2.05, 4.69) is 15.0 Å². The maximum absolute atomic E-state index is 13.6. The van der Waals surface area contributed by atoms with Crippen LogP contribution in [0.25, 0.3) is 11.4 Å². The van der Waals surface area contributed by atoms with Gasteiger partial charge < -0.3 is 4.90 Å². The maximum Gasteiger partial charge on any atom is 0.229 e. The summed E-state index contributed by atoms with van der Waals surface area (Å²) in [5, 5.41) is -0.169. The highest BCUT2D eigenvalue weighted by molar-refractivity contribution is 6.28. The van der Waals surface area contributed by atoms with Gasteiger partial charge >= 0.3 is 0 Å². The van der Waals surface area contributed by atoms with Crippen LogP contribution in [0, 0.1) is 17.5 Å². The Morgan fingerprint density at radius 1 is 0.947 bits per heavy atom. The SMILES string of the molecule is CN(C)c1nc(Cl)nc(-c2cc(F)c(F)cc2F)n1. The molecule has 0 fully saturated rings. The van der Waals surface area contributed by atoms with Crippen molar-refractivity contribution in [2.45, 2.75) is 0 Å². The van der Waals surface area contributed by atoms with Crippen LogP contribution in [0.3, 0.4) is 0 Å². The summed E-state index contributed by atoms with van der Waals surface area (Å²) < 4.78 is 39.6. The van der Waals surface area contributed by atoms with Crippen LogP contribution in [-0.4, -0.2) is 29.0 Å². The minimum Gasteiger partial charge on any atom is -0.347 e. The van der Waals surface area contributed by atoms with Gasteiger partial charge in [-0.15, -0.1) is 0 Å². The van der Waals surface area contributed by atoms with Crippen LogP contribution >= 0.6 is 11.6 Å². The number of halogens is 4. The third-order valence-corrected chi connectivity index (χ3v) is 2.42. The van der Waals surface area contributed by atoms with E-state index in [-0.39, 0.29) is 22.6 Å². The summed E-state index contributed by atoms with van der Waals surface area (Å²) in [6.45, 7) is 0. The fraction of sp³-hybridized carbons (Fsp3) is 0.182. The van der Waals surface area contributed by atoms with Crippen LogP contribution in [-0.2, 0) is 0 Å². The molecule has 0 bridgehead atoms. The Morgan fingerprint density at radius 2 is 1.58 bits per heavy atom. The minimum atomic E-state index is -1.28. The van der Waals surface area contributed by atoms with Crippen LogP contribution in [0.5, 0.6) is 0 Å². The van der Waals surface area contributed by atoms with Crippen molar-refractivity contribution in [2.24, 2.45) is 0 Å². The largest absolute Gasteiger partial charge is 0.347 e. The summed E-state index contributed by atoms with van der Waals surface area (Å²) in [5.41, 5.74) is -0.286. The summed E-state index contributed by atoms with van der Waals surface area (Å²) in [7, 11) is 3.30. The zero-order chi connectivity index (χ0) is 14.2. The normalized spacial score (nSPS) is 10.6. The van der Waals surface area contributed by atoms with E-state index in [0.717, 1.165) is 0 Å². The van der Waals surface area contributed by atoms with Gasteiger partial charge in [0.2, 0.25) is 11.2 Å². The molecule has 19 heavy (non-hydrogen) atoms. The standard InChI is InChI=1S/C11H8ClF3N4/c1-19(2)11-17-9(16-10(12)18-11)5-3-7(14)8(15)4-6(5)13/h3-4H,1-2H3. The second-order valence-electron chi connectivity index (χ2n) is 3.87. The molecule has 0 aliphatic carbocycles. The summed E-state index contributed by atoms with van der Waals surface area (Å²) >= 11 is 5.69. The van der Waals surface area contributed by atoms with Gasteiger partial charge in [-0.3, -0.25) is 0 Å². The molecule has 0 amide bonds. The first-order valence-electron chi connectivity index (χ1n) is 5.12. The number of aromatic nitrogens is 3. The molecule has 0 aliphatic rings. The Morgan fingerprint density at radius 3 is 2.21 bits per heavy atom. The number of anilines is 1. The molecule has 0 unspecified atom stereocenters. The minimum absolute atomic E-state index is 0.167. The Labute approximate surface area is 111 Å². The van der Waals surface area contributed by atoms with Gasteiger partial charge in [0.1, 0.15) is 5.82 Å². The van der Waals surface area contributed by atoms with E-state index in [1.807, 2.05) is 0 Å². The highest BCUT2D eigenvalue weighted by Crippen LogP contribution is 2.24. The van der Waals surface area contributed by atoms with Crippen LogP contribution in [0.1, 0.15) is 0 Å². The molecule has 0 spiro atoms. The van der Waals surface area contributed by atoms with Crippen molar-refractivity contribution in [2.75, 3.05) is 19.0 Å². The topological polar surface area (TPSA) is 41.9 Å². The second kappa shape index (κ2) is 5.00. The van der Waals surface area contributed by atoms with Crippen molar-refractivity contribution < 1.29 is 13.2 Å². The van der Waals surface area contributed by atoms with Gasteiger partial charge in [0.25, 0.3) is 0 Å². The third-order valence-electron chi connectivity index (χ3n) is 2.25. The molecule has 0 atom stereocenters. The highest BCUT2D eigenvalue weighted by Gasteiger charge is 2.16. The predicted molar refractivity (Wildman–Crippen MR) is 64.5 cm³/mol. The summed E-state index contributed by atoms with van der Waals surface area (Å²) in [6, 6.07) is 1.10. The number of rotatable bonds is 2. The van der Waals surface area contributed by atoms with Gasteiger partial charge in [-0.25, -0.2) is 13.2 Å². The van der Waals surface area contributed by atoms with Crippen molar-refractivity contribution in [3.8, 4) is 11.4 Å². The Bertz CT molecular complexity index is 634. The van der Waals surface area contributed by atoms with Crippen LogP contribution < -0.4 is 4.90 Å². The fourth-order valence-corrected chi connectivity index (χ4v) is 1.51. The lowest BCUT2D eigenvalue weighted by Gasteiger charge is -2.11. The van der Waals surface area contributed by atoms with Crippen molar-refractivity contribution in [1.82, 2.24) is 15.0 Å². The van der Waals surface area contributed by atoms with Crippen molar-refractivity contribution in [1.29, 1.82) is 0 Å². The molecule has 8 heteroatoms. The zero-order valence-corrected chi connectivity index (χ0v) is 10.7. The fourth-order valence-electron chi connectivity index (χ4n) is 1.35. The Balaban J connectivity index is 2.62. The van der Waals surface area contributed by atoms with Crippen LogP contribution in [0.15, 0.2) is 12.1 Å². The van der Waals surface area contributed by atoms with E-state index < -0.39 is 17.5 Å². The molecule has 2 rings (SSSR count). The molecule has 0 saturated carbocycles. The predicted octanol–water partition coefficient (Wildman–Crippen LogP) is 2.68. The Hall–Kier alpha value is -1.89. The monoisotopic (exact) mass is 288 g/mol. The first-order valence-corrected chi connectivity index (χ1v) is 5.50. The third kappa shape index (κ3) is 2.76. The quantitative estimate of drug-likeness (QED) is 0.797. The molecular weight excluding hydrogens is 281 g/mol. The number of benzene rings is 1. The molecule has 4 nitrogen and oxygen atoms in total. The second-order valence-corrected chi connectivity index (χ2v) is 4.21. The van der Waals surface area contributed by atoms with Gasteiger partial charge in [-0.1, -0.05) is 0 Å². The number of hydrogen-bond donors (Lipinski definition) is 0. The molecule has 1 heterocycles. The van der Waals surface area contributed by atoms with Crippen molar-refractivity contribution in [3.63, 3.8) is 0 Å². The zero-order valence-electron chi connectivity index (χ0n) is 9.96. The van der Waals surface area contributed by atoms with Crippen LogP contribution in [0.2, 0.25) is 5.28 Å². The van der Waals surface area contributed by atoms with E-state index in [0.29, 0.717) is 12.1 Å². The summed E-state index contributed by atoms with van der Waals surface area (Å²) in [4.78, 5) is 13.0. The van der Waals surface area contributed by atoms with Gasteiger partial charge in [-0.2, -0.15) is 15.0 Å². The van der Waals surface area contributed by atoms with Gasteiger partial charge in [0.05, 0.1) is 5.56 Å². The maximum atomic E-state index is 13.6. The lowest BCUT2D eigenvalue weighted by atomic mass is 10.2. The number of hydrogen-bond acceptors (Lipinski definition) is 4. The smallest absolute Gasteiger partial charge is 0.229 e. The van der Waals surface area contributed by atoms with E-state index in [4.69, 9.17) is 11.6 Å². The average molecular weight is 289 g/mol. The molecule has 0 saturated heterocycles. The first kappa shape index (κ1) is 13.5. The molecule has 0 radical (unpaired) electrons. The van der Waals surface area contributed by atoms with Crippen LogP contribution in [0.4, 0.5) is 19.1 Å². The van der Waals surface area contributed by atoms with E-state index in [1.165, 1.54) is 4.90 Å². The number of nitrogens with zero attached hydrogens (tertiary/aromatic N) is 4. The van der Waals surface area contributed by atoms with Crippen molar-refractivity contribution >= 4 is 17.5 Å². The first-order chi connectivity index (χ1) is 8.88. The summed E-state index contributed by atoms with van der Waals surface area (Å²) in [6.07, 6.45) is 0. The van der Waals surface area contributed by atoms with Gasteiger partial charge in [0.15, 0.2) is 17.5 Å². The lowest BCUT2D eigenvalue weighted by molar-refractivity contribution is 0.496. The Kier molecular flexibility index (Phi) is 3.57. The van der Waals surface area contributed by atoms with E-state index >= 15 is 0 Å². The average Bonchev–Trinajstić information content (AvgIpc) is 2.33. The molecule has 1 aromatic carbocycles. The van der Waals surface area contributed by atoms with Crippen molar-refractivity contribution in [3.05, 3.63) is 34.9 Å². The summed E-state index contributed by atoms with van der Waals surface area (Å²) in [5.74, 6) is -3.45. The van der Waals surface area contributed by atoms with E-state index in [1.54, 1.807) is 14.1 Å². The van der Waals surface area contributed by atoms with Gasteiger partial charge in [-0.05, 0) is 17.7 Å². The molecule has 2 aromatic rings. The van der Waals surface area contributed by atoms with E-state index in [9.17, 15) is 13.2 Å². The molecular formula is C11H8ClF3N4.